The van der Waals surface area contributed by atoms with Gasteiger partial charge in [0.05, 0.1) is 5.69 Å². The molecular weight excluding hydrogens is 314 g/mol. The van der Waals surface area contributed by atoms with Crippen molar-refractivity contribution in [1.29, 1.82) is 0 Å². The number of nitrogens with zero attached hydrogens (tertiary/aromatic N) is 2. The minimum absolute atomic E-state index is 0.0599. The zero-order valence-electron chi connectivity index (χ0n) is 11.0. The van der Waals surface area contributed by atoms with E-state index in [2.05, 4.69) is 20.0 Å². The van der Waals surface area contributed by atoms with Crippen molar-refractivity contribution in [2.45, 2.75) is 11.4 Å². The van der Waals surface area contributed by atoms with Gasteiger partial charge in [0.15, 0.2) is 11.6 Å². The SMILES string of the molecule is O=S1(=O)N=C(NCc2ccncc2)Nc2cc(F)c(F)cc21. The zero-order chi connectivity index (χ0) is 15.7. The number of guanidine groups is 1. The molecule has 0 saturated carbocycles. The van der Waals surface area contributed by atoms with Gasteiger partial charge in [-0.2, -0.15) is 8.42 Å². The van der Waals surface area contributed by atoms with Crippen molar-refractivity contribution in [3.63, 3.8) is 0 Å². The molecule has 0 aliphatic carbocycles. The lowest BCUT2D eigenvalue weighted by Gasteiger charge is -2.19. The average Bonchev–Trinajstić information content (AvgIpc) is 2.48. The molecule has 0 bridgehead atoms. The van der Waals surface area contributed by atoms with Crippen LogP contribution in [0.25, 0.3) is 0 Å². The molecule has 0 radical (unpaired) electrons. The predicted octanol–water partition coefficient (Wildman–Crippen LogP) is 1.62. The summed E-state index contributed by atoms with van der Waals surface area (Å²) < 4.78 is 53.9. The Labute approximate surface area is 125 Å². The Morgan fingerprint density at radius 3 is 2.55 bits per heavy atom. The molecule has 0 amide bonds. The molecule has 22 heavy (non-hydrogen) atoms. The van der Waals surface area contributed by atoms with Gasteiger partial charge in [-0.05, 0) is 23.8 Å². The summed E-state index contributed by atoms with van der Waals surface area (Å²) in [5.74, 6) is -2.44. The van der Waals surface area contributed by atoms with Gasteiger partial charge in [-0.25, -0.2) is 8.78 Å². The third-order valence-electron chi connectivity index (χ3n) is 2.97. The summed E-state index contributed by atoms with van der Waals surface area (Å²) >= 11 is 0. The fraction of sp³-hybridized carbons (Fsp3) is 0.0769. The normalized spacial score (nSPS) is 15.5. The molecule has 2 heterocycles. The standard InChI is InChI=1S/C13H10F2N4O2S/c14-9-5-11-12(6-10(9)15)22(20,21)19-13(18-11)17-7-8-1-3-16-4-2-8/h1-6H,7H2,(H2,17,18,19). The number of aromatic nitrogens is 1. The van der Waals surface area contributed by atoms with Crippen LogP contribution in [0.3, 0.4) is 0 Å². The first-order valence-corrected chi connectivity index (χ1v) is 7.63. The maximum absolute atomic E-state index is 13.3. The van der Waals surface area contributed by atoms with Crippen molar-refractivity contribution in [2.75, 3.05) is 5.32 Å². The first-order valence-electron chi connectivity index (χ1n) is 6.19. The van der Waals surface area contributed by atoms with Crippen molar-refractivity contribution < 1.29 is 17.2 Å². The molecule has 114 valence electrons. The molecule has 0 saturated heterocycles. The molecular formula is C13H10F2N4O2S. The monoisotopic (exact) mass is 324 g/mol. The number of sulfonamides is 1. The second-order valence-electron chi connectivity index (χ2n) is 4.51. The molecule has 3 rings (SSSR count). The van der Waals surface area contributed by atoms with Crippen LogP contribution in [0.15, 0.2) is 46.0 Å². The van der Waals surface area contributed by atoms with Crippen molar-refractivity contribution in [3.05, 3.63) is 53.9 Å². The average molecular weight is 324 g/mol. The van der Waals surface area contributed by atoms with Crippen LogP contribution in [0, 0.1) is 11.6 Å². The van der Waals surface area contributed by atoms with E-state index in [0.717, 1.165) is 11.6 Å². The molecule has 0 fully saturated rings. The summed E-state index contributed by atoms with van der Waals surface area (Å²) in [5.41, 5.74) is 0.791. The minimum atomic E-state index is -4.09. The van der Waals surface area contributed by atoms with Gasteiger partial charge in [0.25, 0.3) is 10.0 Å². The van der Waals surface area contributed by atoms with Gasteiger partial charge in [0, 0.05) is 25.0 Å². The van der Waals surface area contributed by atoms with Crippen molar-refractivity contribution in [2.24, 2.45) is 4.40 Å². The van der Waals surface area contributed by atoms with E-state index >= 15 is 0 Å². The number of rotatable bonds is 2. The molecule has 0 spiro atoms. The van der Waals surface area contributed by atoms with Gasteiger partial charge >= 0.3 is 0 Å². The number of fused-ring (bicyclic) bond motifs is 1. The minimum Gasteiger partial charge on any atom is -0.351 e. The van der Waals surface area contributed by atoms with Crippen LogP contribution in [0.5, 0.6) is 0 Å². The number of hydrogen-bond acceptors (Lipinski definition) is 5. The Hall–Kier alpha value is -2.55. The van der Waals surface area contributed by atoms with E-state index in [1.807, 2.05) is 0 Å². The van der Waals surface area contributed by atoms with Crippen LogP contribution < -0.4 is 10.6 Å². The summed E-state index contributed by atoms with van der Waals surface area (Å²) in [4.78, 5) is 3.46. The first kappa shape index (κ1) is 14.4. The van der Waals surface area contributed by atoms with Crippen LogP contribution in [-0.2, 0) is 16.6 Å². The molecule has 2 N–H and O–H groups in total. The largest absolute Gasteiger partial charge is 0.351 e. The highest BCUT2D eigenvalue weighted by atomic mass is 32.2. The number of benzene rings is 1. The summed E-state index contributed by atoms with van der Waals surface area (Å²) in [6.07, 6.45) is 3.19. The molecule has 1 aromatic heterocycles. The molecule has 0 unspecified atom stereocenters. The van der Waals surface area contributed by atoms with E-state index in [1.165, 1.54) is 0 Å². The van der Waals surface area contributed by atoms with Gasteiger partial charge in [-0.1, -0.05) is 0 Å². The van der Waals surface area contributed by atoms with E-state index in [4.69, 9.17) is 0 Å². The highest BCUT2D eigenvalue weighted by Crippen LogP contribution is 2.29. The highest BCUT2D eigenvalue weighted by molar-refractivity contribution is 7.90. The second-order valence-corrected chi connectivity index (χ2v) is 6.08. The fourth-order valence-corrected chi connectivity index (χ4v) is 3.01. The van der Waals surface area contributed by atoms with Gasteiger partial charge in [0.2, 0.25) is 5.96 Å². The van der Waals surface area contributed by atoms with Crippen LogP contribution >= 0.6 is 0 Å². The van der Waals surface area contributed by atoms with Crippen LogP contribution in [0.1, 0.15) is 5.56 Å². The van der Waals surface area contributed by atoms with Gasteiger partial charge in [0.1, 0.15) is 4.90 Å². The van der Waals surface area contributed by atoms with E-state index < -0.39 is 26.6 Å². The summed E-state index contributed by atoms with van der Waals surface area (Å²) in [7, 11) is -4.09. The van der Waals surface area contributed by atoms with Crippen molar-refractivity contribution in [1.82, 2.24) is 10.3 Å². The Balaban J connectivity index is 1.87. The maximum atomic E-state index is 13.3. The topological polar surface area (TPSA) is 83.5 Å². The quantitative estimate of drug-likeness (QED) is 0.877. The summed E-state index contributed by atoms with van der Waals surface area (Å²) in [6.45, 7) is 0.295. The number of hydrogen-bond donors (Lipinski definition) is 2. The Morgan fingerprint density at radius 2 is 1.82 bits per heavy atom. The third-order valence-corrected chi connectivity index (χ3v) is 4.29. The number of pyridine rings is 1. The molecule has 2 aromatic rings. The van der Waals surface area contributed by atoms with Crippen LogP contribution in [0.2, 0.25) is 0 Å². The second kappa shape index (κ2) is 5.34. The molecule has 1 aliphatic rings. The third kappa shape index (κ3) is 2.75. The van der Waals surface area contributed by atoms with E-state index in [-0.39, 0.29) is 11.6 Å². The van der Waals surface area contributed by atoms with Gasteiger partial charge in [-0.15, -0.1) is 4.40 Å². The lowest BCUT2D eigenvalue weighted by atomic mass is 10.3. The van der Waals surface area contributed by atoms with Crippen molar-refractivity contribution in [3.8, 4) is 0 Å². The predicted molar refractivity (Wildman–Crippen MR) is 75.7 cm³/mol. The van der Waals surface area contributed by atoms with E-state index in [1.54, 1.807) is 24.5 Å². The Kier molecular flexibility index (Phi) is 3.49. The van der Waals surface area contributed by atoms with Crippen LogP contribution in [0.4, 0.5) is 14.5 Å². The molecule has 1 aromatic carbocycles. The Bertz CT molecular complexity index is 854. The van der Waals surface area contributed by atoms with E-state index in [9.17, 15) is 17.2 Å². The summed E-state index contributed by atoms with van der Waals surface area (Å²) in [6, 6.07) is 4.88. The lowest BCUT2D eigenvalue weighted by molar-refractivity contribution is 0.505. The van der Waals surface area contributed by atoms with Crippen molar-refractivity contribution >= 4 is 21.7 Å². The molecule has 0 atom stereocenters. The molecule has 1 aliphatic heterocycles. The van der Waals surface area contributed by atoms with Crippen LogP contribution in [-0.4, -0.2) is 19.4 Å². The maximum Gasteiger partial charge on any atom is 0.287 e. The van der Waals surface area contributed by atoms with E-state index in [0.29, 0.717) is 12.6 Å². The highest BCUT2D eigenvalue weighted by Gasteiger charge is 2.27. The molecule has 9 heteroatoms. The summed E-state index contributed by atoms with van der Waals surface area (Å²) in [5, 5.41) is 5.41. The fourth-order valence-electron chi connectivity index (χ4n) is 1.92. The lowest BCUT2D eigenvalue weighted by Crippen LogP contribution is -2.34. The van der Waals surface area contributed by atoms with Gasteiger partial charge in [-0.3, -0.25) is 4.98 Å². The number of nitrogens with one attached hydrogen (secondary N) is 2. The molecule has 6 nitrogen and oxygen atoms in total. The first-order chi connectivity index (χ1) is 10.5. The number of halogens is 2. The smallest absolute Gasteiger partial charge is 0.287 e. The number of anilines is 1. The zero-order valence-corrected chi connectivity index (χ0v) is 11.9. The Morgan fingerprint density at radius 1 is 1.14 bits per heavy atom. The van der Waals surface area contributed by atoms with Gasteiger partial charge < -0.3 is 10.6 Å².